The van der Waals surface area contributed by atoms with Crippen LogP contribution in [0.25, 0.3) is 0 Å². The maximum absolute atomic E-state index is 8.32. The summed E-state index contributed by atoms with van der Waals surface area (Å²) in [5.74, 6) is 0.229. The molecule has 13 heavy (non-hydrogen) atoms. The van der Waals surface area contributed by atoms with Crippen LogP contribution in [0.2, 0.25) is 0 Å². The number of nitrogens with two attached hydrogens (primary N) is 1. The SMILES string of the molecule is Cc1cc(C)n(CC/C(N)=N/O)n1. The van der Waals surface area contributed by atoms with E-state index in [0.29, 0.717) is 13.0 Å². The van der Waals surface area contributed by atoms with Gasteiger partial charge >= 0.3 is 0 Å². The van der Waals surface area contributed by atoms with Crippen LogP contribution in [-0.2, 0) is 6.54 Å². The van der Waals surface area contributed by atoms with Crippen molar-refractivity contribution < 1.29 is 5.21 Å². The lowest BCUT2D eigenvalue weighted by atomic mass is 10.4. The van der Waals surface area contributed by atoms with Crippen molar-refractivity contribution >= 4 is 5.84 Å². The zero-order valence-corrected chi connectivity index (χ0v) is 7.86. The predicted molar refractivity (Wildman–Crippen MR) is 49.7 cm³/mol. The maximum atomic E-state index is 8.32. The Bertz CT molecular complexity index is 316. The molecular formula is C8H14N4O. The molecule has 0 aromatic carbocycles. The number of aromatic nitrogens is 2. The van der Waals surface area contributed by atoms with E-state index in [1.165, 1.54) is 0 Å². The molecule has 0 spiro atoms. The number of aryl methyl sites for hydroxylation is 3. The zero-order chi connectivity index (χ0) is 9.84. The number of nitrogens with zero attached hydrogens (tertiary/aromatic N) is 3. The molecule has 0 aliphatic carbocycles. The largest absolute Gasteiger partial charge is 0.409 e. The molecule has 0 fully saturated rings. The summed E-state index contributed by atoms with van der Waals surface area (Å²) in [6, 6.07) is 1.99. The lowest BCUT2D eigenvalue weighted by molar-refractivity contribution is 0.316. The fourth-order valence-corrected chi connectivity index (χ4v) is 1.17. The molecule has 0 saturated carbocycles. The molecule has 0 aliphatic rings. The first kappa shape index (κ1) is 9.57. The molecule has 1 heterocycles. The van der Waals surface area contributed by atoms with E-state index in [0.717, 1.165) is 11.4 Å². The van der Waals surface area contributed by atoms with E-state index < -0.39 is 0 Å². The van der Waals surface area contributed by atoms with Crippen molar-refractivity contribution in [2.45, 2.75) is 26.8 Å². The highest BCUT2D eigenvalue weighted by Gasteiger charge is 2.01. The Morgan fingerprint density at radius 3 is 2.85 bits per heavy atom. The van der Waals surface area contributed by atoms with Gasteiger partial charge in [-0.3, -0.25) is 4.68 Å². The molecule has 0 aliphatic heterocycles. The van der Waals surface area contributed by atoms with Crippen LogP contribution in [0.15, 0.2) is 11.2 Å². The number of hydrogen-bond donors (Lipinski definition) is 2. The maximum Gasteiger partial charge on any atom is 0.140 e. The highest BCUT2D eigenvalue weighted by atomic mass is 16.4. The van der Waals surface area contributed by atoms with Crippen LogP contribution >= 0.6 is 0 Å². The van der Waals surface area contributed by atoms with Crippen molar-refractivity contribution in [2.75, 3.05) is 0 Å². The summed E-state index contributed by atoms with van der Waals surface area (Å²) in [7, 11) is 0. The minimum Gasteiger partial charge on any atom is -0.409 e. The van der Waals surface area contributed by atoms with Gasteiger partial charge in [0, 0.05) is 18.7 Å². The van der Waals surface area contributed by atoms with Crippen molar-refractivity contribution in [1.82, 2.24) is 9.78 Å². The van der Waals surface area contributed by atoms with Gasteiger partial charge in [-0.1, -0.05) is 5.16 Å². The van der Waals surface area contributed by atoms with E-state index in [-0.39, 0.29) is 5.84 Å². The van der Waals surface area contributed by atoms with Crippen LogP contribution in [0.5, 0.6) is 0 Å². The Labute approximate surface area is 76.8 Å². The second-order valence-electron chi connectivity index (χ2n) is 2.99. The molecule has 3 N–H and O–H groups in total. The monoisotopic (exact) mass is 182 g/mol. The summed E-state index contributed by atoms with van der Waals surface area (Å²) in [6.45, 7) is 4.56. The molecule has 5 heteroatoms. The lowest BCUT2D eigenvalue weighted by Gasteiger charge is -2.02. The van der Waals surface area contributed by atoms with E-state index in [1.807, 2.05) is 24.6 Å². The highest BCUT2D eigenvalue weighted by Crippen LogP contribution is 2.02. The summed E-state index contributed by atoms with van der Waals surface area (Å²) in [6.07, 6.45) is 0.512. The Morgan fingerprint density at radius 1 is 1.69 bits per heavy atom. The Morgan fingerprint density at radius 2 is 2.38 bits per heavy atom. The van der Waals surface area contributed by atoms with Gasteiger partial charge in [0.25, 0.3) is 0 Å². The van der Waals surface area contributed by atoms with Crippen LogP contribution in [0.1, 0.15) is 17.8 Å². The van der Waals surface area contributed by atoms with Gasteiger partial charge in [0.15, 0.2) is 0 Å². The van der Waals surface area contributed by atoms with E-state index in [2.05, 4.69) is 10.3 Å². The molecule has 1 rings (SSSR count). The number of hydrogen-bond acceptors (Lipinski definition) is 3. The normalized spacial score (nSPS) is 12.0. The van der Waals surface area contributed by atoms with Crippen molar-refractivity contribution in [3.8, 4) is 0 Å². The molecule has 5 nitrogen and oxygen atoms in total. The Balaban J connectivity index is 2.59. The molecular weight excluding hydrogens is 168 g/mol. The van der Waals surface area contributed by atoms with Gasteiger partial charge in [-0.05, 0) is 19.9 Å². The quantitative estimate of drug-likeness (QED) is 0.311. The second-order valence-corrected chi connectivity index (χ2v) is 2.99. The molecule has 1 aromatic rings. The summed E-state index contributed by atoms with van der Waals surface area (Å²) in [5.41, 5.74) is 7.41. The van der Waals surface area contributed by atoms with Gasteiger partial charge < -0.3 is 10.9 Å². The Hall–Kier alpha value is -1.52. The molecule has 1 aromatic heterocycles. The summed E-state index contributed by atoms with van der Waals surface area (Å²) in [5, 5.41) is 15.5. The van der Waals surface area contributed by atoms with Crippen LogP contribution < -0.4 is 5.73 Å². The second kappa shape index (κ2) is 3.93. The minimum atomic E-state index is 0.229. The molecule has 0 unspecified atom stereocenters. The molecule has 0 amide bonds. The summed E-state index contributed by atoms with van der Waals surface area (Å²) >= 11 is 0. The van der Waals surface area contributed by atoms with E-state index >= 15 is 0 Å². The molecule has 72 valence electrons. The van der Waals surface area contributed by atoms with Crippen LogP contribution in [0.4, 0.5) is 0 Å². The van der Waals surface area contributed by atoms with Gasteiger partial charge in [-0.15, -0.1) is 0 Å². The van der Waals surface area contributed by atoms with Gasteiger partial charge in [-0.25, -0.2) is 0 Å². The summed E-state index contributed by atoms with van der Waals surface area (Å²) < 4.78 is 1.84. The first-order chi connectivity index (χ1) is 6.13. The molecule has 0 bridgehead atoms. The fourth-order valence-electron chi connectivity index (χ4n) is 1.17. The third kappa shape index (κ3) is 2.47. The van der Waals surface area contributed by atoms with Gasteiger partial charge in [0.1, 0.15) is 5.84 Å². The number of rotatable bonds is 3. The van der Waals surface area contributed by atoms with Crippen molar-refractivity contribution in [3.05, 3.63) is 17.5 Å². The van der Waals surface area contributed by atoms with Gasteiger partial charge in [-0.2, -0.15) is 5.10 Å². The van der Waals surface area contributed by atoms with Crippen LogP contribution in [0, 0.1) is 13.8 Å². The molecule has 0 radical (unpaired) electrons. The van der Waals surface area contributed by atoms with Crippen molar-refractivity contribution in [2.24, 2.45) is 10.9 Å². The molecule has 0 saturated heterocycles. The van der Waals surface area contributed by atoms with Gasteiger partial charge in [0.2, 0.25) is 0 Å². The van der Waals surface area contributed by atoms with E-state index in [9.17, 15) is 0 Å². The standard InChI is InChI=1S/C8H14N4O/c1-6-5-7(2)12(10-6)4-3-8(9)11-13/h5,13H,3-4H2,1-2H3,(H2,9,11). The van der Waals surface area contributed by atoms with E-state index in [4.69, 9.17) is 10.9 Å². The van der Waals surface area contributed by atoms with Crippen LogP contribution in [0.3, 0.4) is 0 Å². The first-order valence-electron chi connectivity index (χ1n) is 4.11. The van der Waals surface area contributed by atoms with E-state index in [1.54, 1.807) is 0 Å². The molecule has 0 atom stereocenters. The smallest absolute Gasteiger partial charge is 0.140 e. The third-order valence-electron chi connectivity index (χ3n) is 1.81. The fraction of sp³-hybridized carbons (Fsp3) is 0.500. The van der Waals surface area contributed by atoms with Crippen LogP contribution in [-0.4, -0.2) is 20.8 Å². The van der Waals surface area contributed by atoms with Crippen molar-refractivity contribution in [3.63, 3.8) is 0 Å². The topological polar surface area (TPSA) is 76.4 Å². The third-order valence-corrected chi connectivity index (χ3v) is 1.81. The Kier molecular flexibility index (Phi) is 2.89. The summed E-state index contributed by atoms with van der Waals surface area (Å²) in [4.78, 5) is 0. The number of oxime groups is 1. The number of amidine groups is 1. The minimum absolute atomic E-state index is 0.229. The zero-order valence-electron chi connectivity index (χ0n) is 7.86. The van der Waals surface area contributed by atoms with Gasteiger partial charge in [0.05, 0.1) is 5.69 Å². The predicted octanol–water partition coefficient (Wildman–Crippen LogP) is 0.636. The first-order valence-corrected chi connectivity index (χ1v) is 4.11. The highest BCUT2D eigenvalue weighted by molar-refractivity contribution is 5.79. The average Bonchev–Trinajstić information content (AvgIpc) is 2.41. The van der Waals surface area contributed by atoms with Crippen molar-refractivity contribution in [1.29, 1.82) is 0 Å². The lowest BCUT2D eigenvalue weighted by Crippen LogP contribution is -2.15. The average molecular weight is 182 g/mol.